The van der Waals surface area contributed by atoms with E-state index in [1.807, 2.05) is 0 Å². The van der Waals surface area contributed by atoms with Crippen molar-refractivity contribution in [1.82, 2.24) is 5.32 Å². The summed E-state index contributed by atoms with van der Waals surface area (Å²) in [5.74, 6) is 0.445. The Balaban J connectivity index is 2.95. The van der Waals surface area contributed by atoms with Gasteiger partial charge in [0.2, 0.25) is 0 Å². The van der Waals surface area contributed by atoms with Crippen molar-refractivity contribution in [2.24, 2.45) is 5.73 Å². The van der Waals surface area contributed by atoms with Crippen LogP contribution < -0.4 is 20.5 Å². The molecule has 106 valence electrons. The highest BCUT2D eigenvalue weighted by atomic mass is 35.5. The third-order valence-electron chi connectivity index (χ3n) is 2.42. The first kappa shape index (κ1) is 15.6. The number of nitrogens with one attached hydrogen (secondary N) is 1. The Morgan fingerprint density at radius 3 is 2.79 bits per heavy atom. The van der Waals surface area contributed by atoms with Crippen LogP contribution in [0.15, 0.2) is 12.1 Å². The number of nitrogens with two attached hydrogens (primary N) is 1. The molecule has 1 rings (SSSR count). The minimum absolute atomic E-state index is 0.196. The number of ether oxygens (including phenoxy) is 2. The van der Waals surface area contributed by atoms with E-state index in [1.165, 1.54) is 7.11 Å². The third-order valence-corrected chi connectivity index (χ3v) is 2.64. The fourth-order valence-electron chi connectivity index (χ4n) is 1.61. The van der Waals surface area contributed by atoms with Gasteiger partial charge in [0.05, 0.1) is 7.11 Å². The summed E-state index contributed by atoms with van der Waals surface area (Å²) in [7, 11) is 1.52. The molecule has 0 fully saturated rings. The Morgan fingerprint density at radius 1 is 1.47 bits per heavy atom. The van der Waals surface area contributed by atoms with Crippen LogP contribution in [0.5, 0.6) is 11.5 Å². The Labute approximate surface area is 118 Å². The van der Waals surface area contributed by atoms with Gasteiger partial charge in [-0.3, -0.25) is 4.79 Å². The molecule has 0 saturated heterocycles. The number of carbonyl (C=O) groups excluding carboxylic acids is 1. The van der Waals surface area contributed by atoms with Gasteiger partial charge in [-0.05, 0) is 19.0 Å². The topological polar surface area (TPSA) is 73.6 Å². The van der Waals surface area contributed by atoms with Crippen molar-refractivity contribution >= 4 is 17.5 Å². The molecule has 0 bridgehead atoms. The van der Waals surface area contributed by atoms with Crippen LogP contribution in [0.25, 0.3) is 0 Å². The molecular weight excluding hydrogens is 268 g/mol. The maximum atomic E-state index is 10.8. The number of methoxy groups -OCH3 is 1. The van der Waals surface area contributed by atoms with Crippen LogP contribution >= 0.6 is 11.6 Å². The van der Waals surface area contributed by atoms with Crippen LogP contribution in [-0.4, -0.2) is 26.2 Å². The lowest BCUT2D eigenvalue weighted by atomic mass is 10.1. The Bertz CT molecular complexity index is 438. The lowest BCUT2D eigenvalue weighted by Gasteiger charge is -2.15. The molecule has 0 aliphatic heterocycles. The second-order valence-corrected chi connectivity index (χ2v) is 4.46. The average Bonchev–Trinajstić information content (AvgIpc) is 2.36. The second kappa shape index (κ2) is 7.86. The minimum Gasteiger partial charge on any atom is -0.493 e. The van der Waals surface area contributed by atoms with Crippen LogP contribution in [0.2, 0.25) is 5.02 Å². The summed E-state index contributed by atoms with van der Waals surface area (Å²) in [5.41, 5.74) is 5.92. The highest BCUT2D eigenvalue weighted by Crippen LogP contribution is 2.34. The Morgan fingerprint density at radius 2 is 2.21 bits per heavy atom. The average molecular weight is 287 g/mol. The molecule has 0 saturated carbocycles. The molecule has 0 unspecified atom stereocenters. The van der Waals surface area contributed by atoms with Crippen LogP contribution in [0.4, 0.5) is 0 Å². The molecule has 0 radical (unpaired) electrons. The molecule has 1 aromatic rings. The van der Waals surface area contributed by atoms with E-state index in [-0.39, 0.29) is 6.61 Å². The van der Waals surface area contributed by atoms with Crippen LogP contribution in [0, 0.1) is 0 Å². The van der Waals surface area contributed by atoms with E-state index < -0.39 is 5.91 Å². The summed E-state index contributed by atoms with van der Waals surface area (Å²) in [6, 6.07) is 3.42. The zero-order valence-corrected chi connectivity index (χ0v) is 11.9. The molecule has 0 aromatic heterocycles. The van der Waals surface area contributed by atoms with E-state index in [2.05, 4.69) is 12.2 Å². The second-order valence-electron chi connectivity index (χ2n) is 4.03. The van der Waals surface area contributed by atoms with Gasteiger partial charge >= 0.3 is 0 Å². The monoisotopic (exact) mass is 286 g/mol. The number of carbonyl (C=O) groups is 1. The van der Waals surface area contributed by atoms with Crippen molar-refractivity contribution in [3.8, 4) is 11.5 Å². The molecule has 5 nitrogen and oxygen atoms in total. The van der Waals surface area contributed by atoms with E-state index in [4.69, 9.17) is 26.8 Å². The lowest BCUT2D eigenvalue weighted by molar-refractivity contribution is -0.119. The molecule has 19 heavy (non-hydrogen) atoms. The number of hydrogen-bond donors (Lipinski definition) is 2. The quantitative estimate of drug-likeness (QED) is 0.714. The Hall–Kier alpha value is -1.46. The summed E-state index contributed by atoms with van der Waals surface area (Å²) >= 11 is 6.02. The zero-order valence-electron chi connectivity index (χ0n) is 11.2. The standard InChI is InChI=1S/C13H19ClN2O3/c1-3-4-16-7-9-5-10(14)6-11(18-2)13(9)19-8-12(15)17/h5-6,16H,3-4,7-8H2,1-2H3,(H2,15,17). The fourth-order valence-corrected chi connectivity index (χ4v) is 1.84. The van der Waals surface area contributed by atoms with E-state index >= 15 is 0 Å². The number of rotatable bonds is 8. The number of primary amides is 1. The zero-order chi connectivity index (χ0) is 14.3. The van der Waals surface area contributed by atoms with Gasteiger partial charge in [-0.25, -0.2) is 0 Å². The van der Waals surface area contributed by atoms with Gasteiger partial charge in [0, 0.05) is 23.2 Å². The maximum Gasteiger partial charge on any atom is 0.255 e. The van der Waals surface area contributed by atoms with Crippen LogP contribution in [-0.2, 0) is 11.3 Å². The lowest BCUT2D eigenvalue weighted by Crippen LogP contribution is -2.21. The van der Waals surface area contributed by atoms with Gasteiger partial charge < -0.3 is 20.5 Å². The van der Waals surface area contributed by atoms with Crippen molar-refractivity contribution in [3.63, 3.8) is 0 Å². The number of halogens is 1. The first-order valence-corrected chi connectivity index (χ1v) is 6.44. The molecule has 6 heteroatoms. The summed E-state index contributed by atoms with van der Waals surface area (Å²) < 4.78 is 10.6. The molecule has 3 N–H and O–H groups in total. The number of amides is 1. The van der Waals surface area contributed by atoms with Crippen LogP contribution in [0.3, 0.4) is 0 Å². The van der Waals surface area contributed by atoms with Gasteiger partial charge in [0.1, 0.15) is 0 Å². The number of hydrogen-bond acceptors (Lipinski definition) is 4. The van der Waals surface area contributed by atoms with E-state index in [0.717, 1.165) is 18.5 Å². The molecular formula is C13H19ClN2O3. The predicted octanol–water partition coefficient (Wildman–Crippen LogP) is 1.71. The molecule has 0 aliphatic carbocycles. The Kier molecular flexibility index (Phi) is 6.45. The van der Waals surface area contributed by atoms with Gasteiger partial charge in [-0.15, -0.1) is 0 Å². The molecule has 1 aromatic carbocycles. The highest BCUT2D eigenvalue weighted by molar-refractivity contribution is 6.30. The van der Waals surface area contributed by atoms with Gasteiger partial charge in [-0.1, -0.05) is 18.5 Å². The summed E-state index contributed by atoms with van der Waals surface area (Å²) in [6.45, 7) is 3.35. The van der Waals surface area contributed by atoms with Gasteiger partial charge in [0.25, 0.3) is 5.91 Å². The predicted molar refractivity (Wildman–Crippen MR) is 74.7 cm³/mol. The van der Waals surface area contributed by atoms with E-state index in [9.17, 15) is 4.79 Å². The molecule has 0 aliphatic rings. The summed E-state index contributed by atoms with van der Waals surface area (Å²) in [5, 5.41) is 3.80. The van der Waals surface area contributed by atoms with Crippen molar-refractivity contribution in [3.05, 3.63) is 22.7 Å². The molecule has 0 spiro atoms. The normalized spacial score (nSPS) is 10.3. The van der Waals surface area contributed by atoms with E-state index in [0.29, 0.717) is 23.1 Å². The highest BCUT2D eigenvalue weighted by Gasteiger charge is 2.13. The first-order chi connectivity index (χ1) is 9.08. The largest absolute Gasteiger partial charge is 0.493 e. The smallest absolute Gasteiger partial charge is 0.255 e. The minimum atomic E-state index is -0.538. The molecule has 0 atom stereocenters. The number of benzene rings is 1. The van der Waals surface area contributed by atoms with Crippen molar-refractivity contribution in [1.29, 1.82) is 0 Å². The molecule has 1 amide bonds. The summed E-state index contributed by atoms with van der Waals surface area (Å²) in [4.78, 5) is 10.8. The summed E-state index contributed by atoms with van der Waals surface area (Å²) in [6.07, 6.45) is 1.02. The first-order valence-electron chi connectivity index (χ1n) is 6.06. The van der Waals surface area contributed by atoms with Crippen LogP contribution in [0.1, 0.15) is 18.9 Å². The van der Waals surface area contributed by atoms with Gasteiger partial charge in [-0.2, -0.15) is 0 Å². The SMILES string of the molecule is CCCNCc1cc(Cl)cc(OC)c1OCC(N)=O. The van der Waals surface area contributed by atoms with Crippen molar-refractivity contribution < 1.29 is 14.3 Å². The van der Waals surface area contributed by atoms with E-state index in [1.54, 1.807) is 12.1 Å². The third kappa shape index (κ3) is 4.96. The van der Waals surface area contributed by atoms with Crippen molar-refractivity contribution in [2.45, 2.75) is 19.9 Å². The van der Waals surface area contributed by atoms with Crippen molar-refractivity contribution in [2.75, 3.05) is 20.3 Å². The molecule has 0 heterocycles. The van der Waals surface area contributed by atoms with Gasteiger partial charge in [0.15, 0.2) is 18.1 Å². The maximum absolute atomic E-state index is 10.8. The fraction of sp³-hybridized carbons (Fsp3) is 0.462.